The molecule has 0 amide bonds. The number of hydrogen-bond acceptors (Lipinski definition) is 4. The molecule has 0 atom stereocenters. The maximum Gasteiger partial charge on any atom is 0.488 e. The molecule has 1 aromatic carbocycles. The van der Waals surface area contributed by atoms with Crippen LogP contribution in [0.1, 0.15) is 6.92 Å². The fourth-order valence-electron chi connectivity index (χ4n) is 1.60. The fraction of sp³-hybridized carbons (Fsp3) is 0.0769. The standard InChI is InChI=1S/C13H13BN2O2/c1-3-9(2)15-13-7-5-10-4-6-11(14(17)18)8-12(10)16-13/h4-8,17-18H,1H2,2H3,(H,15,16). The molecule has 1 heterocycles. The predicted octanol–water partition coefficient (Wildman–Crippen LogP) is 1.02. The monoisotopic (exact) mass is 240 g/mol. The van der Waals surface area contributed by atoms with E-state index in [0.717, 1.165) is 11.1 Å². The predicted molar refractivity (Wildman–Crippen MR) is 73.5 cm³/mol. The van der Waals surface area contributed by atoms with Gasteiger partial charge in [0.2, 0.25) is 0 Å². The number of rotatable bonds is 3. The molecule has 0 unspecified atom stereocenters. The largest absolute Gasteiger partial charge is 0.488 e. The Kier molecular flexibility index (Phi) is 3.49. The molecule has 0 spiro atoms. The third kappa shape index (κ3) is 2.60. The Morgan fingerprint density at radius 2 is 2.06 bits per heavy atom. The number of allylic oxidation sites excluding steroid dienone is 1. The van der Waals surface area contributed by atoms with E-state index in [9.17, 15) is 0 Å². The first-order chi connectivity index (χ1) is 8.60. The molecule has 0 saturated heterocycles. The molecular formula is C13H13BN2O2. The summed E-state index contributed by atoms with van der Waals surface area (Å²) >= 11 is 0. The van der Waals surface area contributed by atoms with Crippen LogP contribution in [0, 0.1) is 0 Å². The quantitative estimate of drug-likeness (QED) is 0.553. The highest BCUT2D eigenvalue weighted by Gasteiger charge is 2.11. The Morgan fingerprint density at radius 1 is 1.33 bits per heavy atom. The van der Waals surface area contributed by atoms with Crippen LogP contribution in [0.15, 0.2) is 48.3 Å². The van der Waals surface area contributed by atoms with Crippen molar-refractivity contribution in [2.24, 2.45) is 0 Å². The molecular weight excluding hydrogens is 227 g/mol. The summed E-state index contributed by atoms with van der Waals surface area (Å²) in [5, 5.41) is 22.2. The van der Waals surface area contributed by atoms with Crippen molar-refractivity contribution in [2.75, 3.05) is 5.32 Å². The van der Waals surface area contributed by atoms with E-state index in [2.05, 4.69) is 22.6 Å². The summed E-state index contributed by atoms with van der Waals surface area (Å²) in [4.78, 5) is 4.38. The summed E-state index contributed by atoms with van der Waals surface area (Å²) in [5.41, 5.74) is 4.62. The Balaban J connectivity index is 2.45. The molecule has 2 rings (SSSR count). The summed E-state index contributed by atoms with van der Waals surface area (Å²) in [6.45, 7) is 5.38. The molecule has 0 bridgehead atoms. The molecule has 18 heavy (non-hydrogen) atoms. The lowest BCUT2D eigenvalue weighted by molar-refractivity contribution is 0.426. The van der Waals surface area contributed by atoms with Crippen LogP contribution in [0.25, 0.3) is 10.9 Å². The zero-order chi connectivity index (χ0) is 13.1. The van der Waals surface area contributed by atoms with Crippen LogP contribution < -0.4 is 10.8 Å². The molecule has 0 aliphatic heterocycles. The van der Waals surface area contributed by atoms with Gasteiger partial charge in [0.15, 0.2) is 0 Å². The fourth-order valence-corrected chi connectivity index (χ4v) is 1.60. The number of benzene rings is 1. The molecule has 0 fully saturated rings. The van der Waals surface area contributed by atoms with Gasteiger partial charge >= 0.3 is 7.12 Å². The second kappa shape index (κ2) is 5.06. The van der Waals surface area contributed by atoms with Gasteiger partial charge in [0.1, 0.15) is 5.82 Å². The third-order valence-electron chi connectivity index (χ3n) is 2.60. The molecule has 0 radical (unpaired) electrons. The van der Waals surface area contributed by atoms with E-state index >= 15 is 0 Å². The van der Waals surface area contributed by atoms with Gasteiger partial charge in [-0.3, -0.25) is 0 Å². The number of pyridine rings is 1. The number of anilines is 1. The van der Waals surface area contributed by atoms with Crippen LogP contribution in [0.3, 0.4) is 0 Å². The molecule has 1 aromatic heterocycles. The number of aromatic nitrogens is 1. The van der Waals surface area contributed by atoms with Crippen molar-refractivity contribution < 1.29 is 10.0 Å². The zero-order valence-corrected chi connectivity index (χ0v) is 10.0. The molecule has 4 nitrogen and oxygen atoms in total. The van der Waals surface area contributed by atoms with Gasteiger partial charge in [-0.05, 0) is 30.6 Å². The van der Waals surface area contributed by atoms with Crippen LogP contribution in [0.5, 0.6) is 0 Å². The van der Waals surface area contributed by atoms with Gasteiger partial charge in [0, 0.05) is 5.39 Å². The van der Waals surface area contributed by atoms with E-state index in [0.29, 0.717) is 16.8 Å². The zero-order valence-electron chi connectivity index (χ0n) is 10.0. The van der Waals surface area contributed by atoms with E-state index in [1.165, 1.54) is 0 Å². The Labute approximate surface area is 105 Å². The van der Waals surface area contributed by atoms with Crippen molar-refractivity contribution in [2.45, 2.75) is 6.92 Å². The summed E-state index contributed by atoms with van der Waals surface area (Å²) in [5.74, 6) is 0.667. The first-order valence-corrected chi connectivity index (χ1v) is 5.50. The summed E-state index contributed by atoms with van der Waals surface area (Å²) < 4.78 is 0. The van der Waals surface area contributed by atoms with Crippen LogP contribution in [0.2, 0.25) is 0 Å². The van der Waals surface area contributed by atoms with E-state index < -0.39 is 7.12 Å². The summed E-state index contributed by atoms with van der Waals surface area (Å²) in [6, 6.07) is 8.87. The molecule has 3 N–H and O–H groups in total. The van der Waals surface area contributed by atoms with E-state index in [4.69, 9.17) is 10.0 Å². The molecule has 0 aliphatic carbocycles. The normalized spacial score (nSPS) is 9.94. The van der Waals surface area contributed by atoms with E-state index in [-0.39, 0.29) is 0 Å². The van der Waals surface area contributed by atoms with Gasteiger partial charge in [0.25, 0.3) is 0 Å². The topological polar surface area (TPSA) is 65.4 Å². The maximum atomic E-state index is 9.13. The Morgan fingerprint density at radius 3 is 2.72 bits per heavy atom. The lowest BCUT2D eigenvalue weighted by Gasteiger charge is -2.06. The van der Waals surface area contributed by atoms with Crippen LogP contribution >= 0.6 is 0 Å². The van der Waals surface area contributed by atoms with Crippen molar-refractivity contribution in [3.8, 4) is 0 Å². The van der Waals surface area contributed by atoms with E-state index in [1.54, 1.807) is 18.2 Å². The highest BCUT2D eigenvalue weighted by atomic mass is 16.4. The molecule has 2 aromatic rings. The summed E-state index contributed by atoms with van der Waals surface area (Å²) in [7, 11) is -1.48. The SMILES string of the molecule is C=C=C(C)Nc1ccc2ccc(B(O)O)cc2n1. The molecule has 0 aliphatic rings. The highest BCUT2D eigenvalue weighted by molar-refractivity contribution is 6.58. The molecule has 0 saturated carbocycles. The lowest BCUT2D eigenvalue weighted by Crippen LogP contribution is -2.29. The van der Waals surface area contributed by atoms with Crippen LogP contribution in [-0.4, -0.2) is 22.2 Å². The number of hydrogen-bond donors (Lipinski definition) is 3. The molecule has 90 valence electrons. The van der Waals surface area contributed by atoms with Gasteiger partial charge in [-0.15, -0.1) is 5.73 Å². The lowest BCUT2D eigenvalue weighted by atomic mass is 9.80. The van der Waals surface area contributed by atoms with E-state index in [1.807, 2.05) is 19.1 Å². The minimum atomic E-state index is -1.48. The number of nitrogens with zero attached hydrogens (tertiary/aromatic N) is 1. The van der Waals surface area contributed by atoms with Crippen molar-refractivity contribution in [3.63, 3.8) is 0 Å². The second-order valence-electron chi connectivity index (χ2n) is 3.95. The van der Waals surface area contributed by atoms with Crippen LogP contribution in [0.4, 0.5) is 5.82 Å². The van der Waals surface area contributed by atoms with Gasteiger partial charge in [-0.25, -0.2) is 4.98 Å². The van der Waals surface area contributed by atoms with Crippen molar-refractivity contribution in [3.05, 3.63) is 48.3 Å². The minimum Gasteiger partial charge on any atom is -0.423 e. The van der Waals surface area contributed by atoms with Gasteiger partial charge in [-0.2, -0.15) is 0 Å². The number of fused-ring (bicyclic) bond motifs is 1. The average molecular weight is 240 g/mol. The van der Waals surface area contributed by atoms with Gasteiger partial charge < -0.3 is 15.4 Å². The third-order valence-corrected chi connectivity index (χ3v) is 2.60. The van der Waals surface area contributed by atoms with Crippen LogP contribution in [-0.2, 0) is 0 Å². The Hall–Kier alpha value is -2.07. The smallest absolute Gasteiger partial charge is 0.423 e. The maximum absolute atomic E-state index is 9.13. The first kappa shape index (κ1) is 12.4. The second-order valence-corrected chi connectivity index (χ2v) is 3.95. The summed E-state index contributed by atoms with van der Waals surface area (Å²) in [6.07, 6.45) is 0. The minimum absolute atomic E-state index is 0.420. The van der Waals surface area contributed by atoms with Crippen molar-refractivity contribution in [1.29, 1.82) is 0 Å². The first-order valence-electron chi connectivity index (χ1n) is 5.50. The number of nitrogens with one attached hydrogen (secondary N) is 1. The van der Waals surface area contributed by atoms with Crippen molar-refractivity contribution in [1.82, 2.24) is 4.98 Å². The average Bonchev–Trinajstić information content (AvgIpc) is 2.37. The highest BCUT2D eigenvalue weighted by Crippen LogP contribution is 2.14. The van der Waals surface area contributed by atoms with Crippen molar-refractivity contribution >= 4 is 29.3 Å². The van der Waals surface area contributed by atoms with Gasteiger partial charge in [0.05, 0.1) is 11.2 Å². The Bertz CT molecular complexity index is 634. The molecule has 5 heteroatoms. The van der Waals surface area contributed by atoms with Gasteiger partial charge in [-0.1, -0.05) is 18.7 Å².